The van der Waals surface area contributed by atoms with Crippen LogP contribution in [0.15, 0.2) is 24.3 Å². The molecule has 2 aromatic rings. The molecule has 1 unspecified atom stereocenters. The summed E-state index contributed by atoms with van der Waals surface area (Å²) < 4.78 is 0.988. The van der Waals surface area contributed by atoms with Crippen LogP contribution in [0.2, 0.25) is 0 Å². The van der Waals surface area contributed by atoms with E-state index in [1.54, 1.807) is 11.8 Å². The minimum absolute atomic E-state index is 0.0407. The van der Waals surface area contributed by atoms with E-state index in [2.05, 4.69) is 11.1 Å². The summed E-state index contributed by atoms with van der Waals surface area (Å²) in [6.07, 6.45) is 1.25. The second-order valence-corrected chi connectivity index (χ2v) is 6.83. The number of amides is 1. The van der Waals surface area contributed by atoms with Crippen molar-refractivity contribution in [3.8, 4) is 6.07 Å². The van der Waals surface area contributed by atoms with Gasteiger partial charge in [0.1, 0.15) is 5.01 Å². The van der Waals surface area contributed by atoms with Gasteiger partial charge >= 0.3 is 0 Å². The first-order valence-electron chi connectivity index (χ1n) is 7.64. The van der Waals surface area contributed by atoms with Crippen molar-refractivity contribution in [2.45, 2.75) is 25.7 Å². The number of ketones is 1. The number of nitrogens with zero attached hydrogens (tertiary/aromatic N) is 3. The molecule has 1 saturated heterocycles. The average Bonchev–Trinajstić information content (AvgIpc) is 2.99. The minimum atomic E-state index is -0.804. The van der Waals surface area contributed by atoms with Crippen LogP contribution >= 0.6 is 11.3 Å². The van der Waals surface area contributed by atoms with Crippen molar-refractivity contribution in [2.75, 3.05) is 13.1 Å². The van der Waals surface area contributed by atoms with E-state index >= 15 is 0 Å². The highest BCUT2D eigenvalue weighted by molar-refractivity contribution is 7.18. The highest BCUT2D eigenvalue weighted by Gasteiger charge is 2.33. The van der Waals surface area contributed by atoms with Gasteiger partial charge in [-0.15, -0.1) is 11.3 Å². The monoisotopic (exact) mass is 327 g/mol. The van der Waals surface area contributed by atoms with Crippen LogP contribution in [-0.4, -0.2) is 34.7 Å². The predicted molar refractivity (Wildman–Crippen MR) is 88.0 cm³/mol. The van der Waals surface area contributed by atoms with Crippen LogP contribution in [0.5, 0.6) is 0 Å². The first-order valence-corrected chi connectivity index (χ1v) is 8.46. The molecule has 6 heteroatoms. The summed E-state index contributed by atoms with van der Waals surface area (Å²) in [6, 6.07) is 9.78. The summed E-state index contributed by atoms with van der Waals surface area (Å²) in [6.45, 7) is 2.72. The second-order valence-electron chi connectivity index (χ2n) is 5.76. The SMILES string of the molecule is CC(=O)N1CCC(C(=O)C(C#N)c2nc3ccccc3s2)CC1. The van der Waals surface area contributed by atoms with E-state index in [0.717, 1.165) is 10.2 Å². The largest absolute Gasteiger partial charge is 0.343 e. The maximum atomic E-state index is 12.7. The third-order valence-electron chi connectivity index (χ3n) is 4.31. The number of aromatic nitrogens is 1. The van der Waals surface area contributed by atoms with Crippen LogP contribution in [-0.2, 0) is 9.59 Å². The number of carbonyl (C=O) groups excluding carboxylic acids is 2. The van der Waals surface area contributed by atoms with Gasteiger partial charge < -0.3 is 4.90 Å². The molecule has 0 saturated carbocycles. The molecule has 0 aliphatic carbocycles. The summed E-state index contributed by atoms with van der Waals surface area (Å²) in [4.78, 5) is 30.3. The zero-order chi connectivity index (χ0) is 16.4. The van der Waals surface area contributed by atoms with Gasteiger partial charge in [0.05, 0.1) is 16.3 Å². The lowest BCUT2D eigenvalue weighted by Crippen LogP contribution is -2.40. The Morgan fingerprint density at radius 1 is 1.35 bits per heavy atom. The topological polar surface area (TPSA) is 74.1 Å². The van der Waals surface area contributed by atoms with Gasteiger partial charge in [0, 0.05) is 25.9 Å². The molecule has 1 aromatic heterocycles. The van der Waals surface area contributed by atoms with E-state index in [-0.39, 0.29) is 17.6 Å². The van der Waals surface area contributed by atoms with Crippen molar-refractivity contribution in [1.82, 2.24) is 9.88 Å². The fourth-order valence-electron chi connectivity index (χ4n) is 2.97. The molecule has 1 aliphatic rings. The van der Waals surface area contributed by atoms with E-state index in [9.17, 15) is 14.9 Å². The number of Topliss-reactive ketones (excluding diaryl/α,β-unsaturated/α-hetero) is 1. The Kier molecular flexibility index (Phi) is 4.39. The van der Waals surface area contributed by atoms with Crippen molar-refractivity contribution in [3.05, 3.63) is 29.3 Å². The van der Waals surface area contributed by atoms with Gasteiger partial charge in [-0.05, 0) is 25.0 Å². The Morgan fingerprint density at radius 2 is 2.04 bits per heavy atom. The smallest absolute Gasteiger partial charge is 0.219 e. The normalized spacial score (nSPS) is 17.0. The molecule has 0 spiro atoms. The summed E-state index contributed by atoms with van der Waals surface area (Å²) in [7, 11) is 0. The van der Waals surface area contributed by atoms with Crippen molar-refractivity contribution in [1.29, 1.82) is 5.26 Å². The molecule has 0 radical (unpaired) electrons. The van der Waals surface area contributed by atoms with Gasteiger partial charge in [-0.2, -0.15) is 5.26 Å². The molecule has 1 atom stereocenters. The van der Waals surface area contributed by atoms with Crippen LogP contribution in [0.3, 0.4) is 0 Å². The van der Waals surface area contributed by atoms with E-state index < -0.39 is 5.92 Å². The van der Waals surface area contributed by atoms with Gasteiger partial charge in [0.15, 0.2) is 11.7 Å². The summed E-state index contributed by atoms with van der Waals surface area (Å²) >= 11 is 1.41. The second kappa shape index (κ2) is 6.47. The molecular weight excluding hydrogens is 310 g/mol. The van der Waals surface area contributed by atoms with Gasteiger partial charge in [0.25, 0.3) is 0 Å². The molecule has 118 valence electrons. The number of thiazole rings is 1. The molecular formula is C17H17N3O2S. The number of fused-ring (bicyclic) bond motifs is 1. The lowest BCUT2D eigenvalue weighted by Gasteiger charge is -2.31. The molecule has 2 heterocycles. The number of benzene rings is 1. The number of carbonyl (C=O) groups is 2. The number of hydrogen-bond acceptors (Lipinski definition) is 5. The van der Waals surface area contributed by atoms with Crippen LogP contribution in [0.25, 0.3) is 10.2 Å². The predicted octanol–water partition coefficient (Wildman–Crippen LogP) is 2.73. The van der Waals surface area contributed by atoms with Crippen LogP contribution in [0.1, 0.15) is 30.7 Å². The number of nitriles is 1. The fourth-order valence-corrected chi connectivity index (χ4v) is 3.99. The van der Waals surface area contributed by atoms with Gasteiger partial charge in [-0.3, -0.25) is 9.59 Å². The Hall–Kier alpha value is -2.26. The quantitative estimate of drug-likeness (QED) is 0.869. The molecule has 1 aromatic carbocycles. The molecule has 23 heavy (non-hydrogen) atoms. The summed E-state index contributed by atoms with van der Waals surface area (Å²) in [5.74, 6) is -0.989. The first kappa shape index (κ1) is 15.6. The molecule has 1 fully saturated rings. The standard InChI is InChI=1S/C17H17N3O2S/c1-11(21)20-8-6-12(7-9-20)16(22)13(10-18)17-19-14-4-2-3-5-15(14)23-17/h2-5,12-13H,6-9H2,1H3. The van der Waals surface area contributed by atoms with Crippen molar-refractivity contribution < 1.29 is 9.59 Å². The van der Waals surface area contributed by atoms with Crippen molar-refractivity contribution in [2.24, 2.45) is 5.92 Å². The maximum absolute atomic E-state index is 12.7. The van der Waals surface area contributed by atoms with Gasteiger partial charge in [-0.1, -0.05) is 12.1 Å². The Bertz CT molecular complexity index is 751. The molecule has 0 N–H and O–H groups in total. The van der Waals surface area contributed by atoms with E-state index in [4.69, 9.17) is 0 Å². The minimum Gasteiger partial charge on any atom is -0.343 e. The highest BCUT2D eigenvalue weighted by Crippen LogP contribution is 2.31. The first-order chi connectivity index (χ1) is 11.1. The molecule has 3 rings (SSSR count). The van der Waals surface area contributed by atoms with Gasteiger partial charge in [-0.25, -0.2) is 4.98 Å². The number of para-hydroxylation sites is 1. The highest BCUT2D eigenvalue weighted by atomic mass is 32.1. The summed E-state index contributed by atoms with van der Waals surface area (Å²) in [5.41, 5.74) is 0.826. The molecule has 0 bridgehead atoms. The lowest BCUT2D eigenvalue weighted by molar-refractivity contribution is -0.133. The molecule has 1 aliphatic heterocycles. The Labute approximate surface area is 138 Å². The van der Waals surface area contributed by atoms with Crippen molar-refractivity contribution in [3.63, 3.8) is 0 Å². The number of hydrogen-bond donors (Lipinski definition) is 0. The van der Waals surface area contributed by atoms with Crippen LogP contribution < -0.4 is 0 Å². The van der Waals surface area contributed by atoms with Crippen LogP contribution in [0, 0.1) is 17.2 Å². The zero-order valence-corrected chi connectivity index (χ0v) is 13.7. The van der Waals surface area contributed by atoms with Crippen molar-refractivity contribution >= 4 is 33.2 Å². The summed E-state index contributed by atoms with van der Waals surface area (Å²) in [5, 5.41) is 10.1. The zero-order valence-electron chi connectivity index (χ0n) is 12.9. The van der Waals surface area contributed by atoms with Gasteiger partial charge in [0.2, 0.25) is 5.91 Å². The fraction of sp³-hybridized carbons (Fsp3) is 0.412. The lowest BCUT2D eigenvalue weighted by atomic mass is 9.86. The van der Waals surface area contributed by atoms with E-state index in [0.29, 0.717) is 30.9 Å². The molecule has 5 nitrogen and oxygen atoms in total. The number of likely N-dealkylation sites (tertiary alicyclic amines) is 1. The molecule has 1 amide bonds. The Morgan fingerprint density at radius 3 is 2.65 bits per heavy atom. The third-order valence-corrected chi connectivity index (χ3v) is 5.41. The maximum Gasteiger partial charge on any atom is 0.219 e. The third kappa shape index (κ3) is 3.10. The average molecular weight is 327 g/mol. The number of rotatable bonds is 3. The number of piperidine rings is 1. The van der Waals surface area contributed by atoms with E-state index in [1.165, 1.54) is 11.3 Å². The Balaban J connectivity index is 1.77. The van der Waals surface area contributed by atoms with E-state index in [1.807, 2.05) is 24.3 Å². The van der Waals surface area contributed by atoms with Crippen LogP contribution in [0.4, 0.5) is 0 Å².